The van der Waals surface area contributed by atoms with Gasteiger partial charge in [-0.3, -0.25) is 14.6 Å². The maximum absolute atomic E-state index is 11.9. The van der Waals surface area contributed by atoms with Crippen molar-refractivity contribution in [2.24, 2.45) is 5.73 Å². The minimum Gasteiger partial charge on any atom is -0.496 e. The van der Waals surface area contributed by atoms with Crippen molar-refractivity contribution in [3.05, 3.63) is 47.6 Å². The molecule has 8 heteroatoms. The van der Waals surface area contributed by atoms with E-state index in [9.17, 15) is 9.59 Å². The van der Waals surface area contributed by atoms with E-state index in [1.165, 1.54) is 18.4 Å². The molecule has 7 nitrogen and oxygen atoms in total. The molecule has 0 atom stereocenters. The van der Waals surface area contributed by atoms with Crippen molar-refractivity contribution in [2.45, 2.75) is 26.2 Å². The number of thiophene rings is 1. The molecule has 0 saturated heterocycles. The van der Waals surface area contributed by atoms with Gasteiger partial charge in [0.05, 0.1) is 47.0 Å². The quantitative estimate of drug-likeness (QED) is 0.581. The van der Waals surface area contributed by atoms with Crippen LogP contribution in [-0.4, -0.2) is 28.9 Å². The van der Waals surface area contributed by atoms with Crippen LogP contribution < -0.4 is 15.8 Å². The summed E-state index contributed by atoms with van der Waals surface area (Å²) >= 11 is 1.48. The molecule has 3 rings (SSSR count). The summed E-state index contributed by atoms with van der Waals surface area (Å²) in [6, 6.07) is 6.96. The number of anilines is 1. The summed E-state index contributed by atoms with van der Waals surface area (Å²) < 4.78 is 5.26. The summed E-state index contributed by atoms with van der Waals surface area (Å²) in [6.07, 6.45) is 5.68. The Labute approximate surface area is 173 Å². The smallest absolute Gasteiger partial charge is 0.252 e. The molecular weight excluding hydrogens is 388 g/mol. The van der Waals surface area contributed by atoms with Crippen molar-refractivity contribution in [1.29, 1.82) is 0 Å². The molecule has 0 radical (unpaired) electrons. The van der Waals surface area contributed by atoms with Crippen molar-refractivity contribution in [2.75, 3.05) is 12.4 Å². The monoisotopic (exact) mass is 410 g/mol. The first-order valence-electron chi connectivity index (χ1n) is 9.20. The summed E-state index contributed by atoms with van der Waals surface area (Å²) in [5, 5.41) is 4.80. The third-order valence-corrected chi connectivity index (χ3v) is 5.24. The molecule has 3 aromatic rings. The average molecular weight is 410 g/mol. The maximum Gasteiger partial charge on any atom is 0.252 e. The molecular formula is C21H22N4O3S. The van der Waals surface area contributed by atoms with Gasteiger partial charge in [0.1, 0.15) is 5.75 Å². The predicted octanol–water partition coefficient (Wildman–Crippen LogP) is 4.11. The van der Waals surface area contributed by atoms with Crippen LogP contribution in [0.1, 0.15) is 36.5 Å². The molecule has 150 valence electrons. The highest BCUT2D eigenvalue weighted by molar-refractivity contribution is 7.14. The number of nitrogens with one attached hydrogen (secondary N) is 1. The summed E-state index contributed by atoms with van der Waals surface area (Å²) in [6.45, 7) is 2.05. The minimum absolute atomic E-state index is 0.0117. The molecule has 0 bridgehead atoms. The van der Waals surface area contributed by atoms with E-state index in [-0.39, 0.29) is 5.91 Å². The van der Waals surface area contributed by atoms with Crippen LogP contribution in [0.5, 0.6) is 5.75 Å². The van der Waals surface area contributed by atoms with Gasteiger partial charge in [0.25, 0.3) is 5.91 Å². The van der Waals surface area contributed by atoms with Crippen molar-refractivity contribution in [3.63, 3.8) is 0 Å². The van der Waals surface area contributed by atoms with Gasteiger partial charge in [0.2, 0.25) is 5.91 Å². The van der Waals surface area contributed by atoms with Crippen molar-refractivity contribution < 1.29 is 14.3 Å². The van der Waals surface area contributed by atoms with E-state index in [0.29, 0.717) is 29.1 Å². The molecule has 0 aliphatic heterocycles. The Morgan fingerprint density at radius 2 is 2.00 bits per heavy atom. The maximum atomic E-state index is 11.9. The molecule has 3 N–H and O–H groups in total. The van der Waals surface area contributed by atoms with Crippen LogP contribution in [-0.2, 0) is 4.79 Å². The number of methoxy groups -OCH3 is 1. The highest BCUT2D eigenvalue weighted by Gasteiger charge is 2.13. The molecule has 0 aliphatic rings. The van der Waals surface area contributed by atoms with Gasteiger partial charge in [0, 0.05) is 17.4 Å². The molecule has 2 heterocycles. The molecule has 0 saturated carbocycles. The van der Waals surface area contributed by atoms with Gasteiger partial charge in [-0.2, -0.15) is 0 Å². The third kappa shape index (κ3) is 4.97. The van der Waals surface area contributed by atoms with Crippen LogP contribution in [0, 0.1) is 0 Å². The van der Waals surface area contributed by atoms with Crippen molar-refractivity contribution in [1.82, 2.24) is 9.97 Å². The Morgan fingerprint density at radius 1 is 1.21 bits per heavy atom. The Morgan fingerprint density at radius 3 is 2.72 bits per heavy atom. The van der Waals surface area contributed by atoms with Gasteiger partial charge < -0.3 is 15.8 Å². The second-order valence-electron chi connectivity index (χ2n) is 6.42. The van der Waals surface area contributed by atoms with E-state index in [1.54, 1.807) is 30.6 Å². The first-order chi connectivity index (χ1) is 14.0. The molecule has 0 fully saturated rings. The highest BCUT2D eigenvalue weighted by Crippen LogP contribution is 2.31. The number of nitrogens with zero attached hydrogens (tertiary/aromatic N) is 2. The van der Waals surface area contributed by atoms with E-state index in [4.69, 9.17) is 10.5 Å². The third-order valence-electron chi connectivity index (χ3n) is 4.29. The number of amides is 2. The molecule has 29 heavy (non-hydrogen) atoms. The second-order valence-corrected chi connectivity index (χ2v) is 7.33. The Kier molecular flexibility index (Phi) is 6.56. The summed E-state index contributed by atoms with van der Waals surface area (Å²) in [5.74, 6) is -0.159. The average Bonchev–Trinajstić information content (AvgIpc) is 3.20. The summed E-state index contributed by atoms with van der Waals surface area (Å²) in [5.41, 5.74) is 8.52. The fourth-order valence-electron chi connectivity index (χ4n) is 2.77. The first-order valence-corrected chi connectivity index (χ1v) is 10.1. The fraction of sp³-hybridized carbons (Fsp3) is 0.238. The Hall–Kier alpha value is -3.26. The standard InChI is InChI=1S/C21H22N4O3S/c1-3-4-5-20(26)24-14-9-19(29-12-14)17-11-23-10-16(25-17)13-6-7-15(21(22)27)18(8-13)28-2/h6-12H,3-5H2,1-2H3,(H2,22,27)(H,24,26). The minimum atomic E-state index is -0.555. The number of unbranched alkanes of at least 4 members (excludes halogenated alkanes) is 1. The summed E-state index contributed by atoms with van der Waals surface area (Å²) in [7, 11) is 1.48. The van der Waals surface area contributed by atoms with E-state index in [0.717, 1.165) is 29.0 Å². The number of ether oxygens (including phenoxy) is 1. The normalized spacial score (nSPS) is 10.6. The molecule has 2 aromatic heterocycles. The first kappa shape index (κ1) is 20.5. The van der Waals surface area contributed by atoms with Crippen molar-refractivity contribution in [3.8, 4) is 27.6 Å². The van der Waals surface area contributed by atoms with Crippen LogP contribution in [0.4, 0.5) is 5.69 Å². The lowest BCUT2D eigenvalue weighted by Crippen LogP contribution is -2.12. The number of carbonyl (C=O) groups is 2. The number of hydrogen-bond acceptors (Lipinski definition) is 6. The Bertz CT molecular complexity index is 1030. The zero-order valence-electron chi connectivity index (χ0n) is 16.3. The van der Waals surface area contributed by atoms with Gasteiger partial charge in [-0.05, 0) is 24.6 Å². The van der Waals surface area contributed by atoms with E-state index in [2.05, 4.69) is 22.2 Å². The van der Waals surface area contributed by atoms with Crippen LogP contribution >= 0.6 is 11.3 Å². The van der Waals surface area contributed by atoms with E-state index in [1.807, 2.05) is 11.4 Å². The molecule has 0 aliphatic carbocycles. The van der Waals surface area contributed by atoms with Gasteiger partial charge in [-0.15, -0.1) is 11.3 Å². The Balaban J connectivity index is 1.83. The van der Waals surface area contributed by atoms with Crippen LogP contribution in [0.25, 0.3) is 21.8 Å². The van der Waals surface area contributed by atoms with Crippen LogP contribution in [0.2, 0.25) is 0 Å². The lowest BCUT2D eigenvalue weighted by atomic mass is 10.1. The van der Waals surface area contributed by atoms with E-state index >= 15 is 0 Å². The number of benzene rings is 1. The number of rotatable bonds is 8. The number of nitrogens with two attached hydrogens (primary N) is 1. The van der Waals surface area contributed by atoms with Gasteiger partial charge in [-0.25, -0.2) is 4.98 Å². The predicted molar refractivity (Wildman–Crippen MR) is 114 cm³/mol. The summed E-state index contributed by atoms with van der Waals surface area (Å²) in [4.78, 5) is 33.3. The number of aromatic nitrogens is 2. The zero-order chi connectivity index (χ0) is 20.8. The topological polar surface area (TPSA) is 107 Å². The van der Waals surface area contributed by atoms with E-state index < -0.39 is 5.91 Å². The number of hydrogen-bond donors (Lipinski definition) is 2. The number of primary amides is 1. The van der Waals surface area contributed by atoms with Crippen LogP contribution in [0.15, 0.2) is 42.0 Å². The molecule has 0 unspecified atom stereocenters. The molecule has 1 aromatic carbocycles. The van der Waals surface area contributed by atoms with Crippen LogP contribution in [0.3, 0.4) is 0 Å². The van der Waals surface area contributed by atoms with Gasteiger partial charge in [0.15, 0.2) is 0 Å². The van der Waals surface area contributed by atoms with Gasteiger partial charge in [-0.1, -0.05) is 19.4 Å². The lowest BCUT2D eigenvalue weighted by molar-refractivity contribution is -0.116. The fourth-order valence-corrected chi connectivity index (χ4v) is 3.57. The van der Waals surface area contributed by atoms with Gasteiger partial charge >= 0.3 is 0 Å². The molecule has 0 spiro atoms. The largest absolute Gasteiger partial charge is 0.496 e. The number of carbonyl (C=O) groups excluding carboxylic acids is 2. The molecule has 2 amide bonds. The highest BCUT2D eigenvalue weighted by atomic mass is 32.1. The lowest BCUT2D eigenvalue weighted by Gasteiger charge is -2.08. The zero-order valence-corrected chi connectivity index (χ0v) is 17.1. The SMILES string of the molecule is CCCCC(=O)Nc1csc(-c2cncc(-c3ccc(C(N)=O)c(OC)c3)n2)c1. The van der Waals surface area contributed by atoms with Crippen molar-refractivity contribution >= 4 is 28.8 Å². The second kappa shape index (κ2) is 9.29.